The molecule has 0 saturated heterocycles. The maximum atomic E-state index is 4.76. The number of thioether (sulfide) groups is 1. The van der Waals surface area contributed by atoms with E-state index in [0.29, 0.717) is 6.04 Å². The van der Waals surface area contributed by atoms with E-state index in [1.807, 2.05) is 11.8 Å². The van der Waals surface area contributed by atoms with Crippen molar-refractivity contribution in [3.8, 4) is 0 Å². The van der Waals surface area contributed by atoms with Crippen LogP contribution < -0.4 is 0 Å². The SMILES string of the molecule is CC1=NC(C)C(C(C)(C)C)(C(C)(C)C)S1. The molecule has 0 saturated carbocycles. The van der Waals surface area contributed by atoms with E-state index in [1.54, 1.807) is 0 Å². The van der Waals surface area contributed by atoms with E-state index in [2.05, 4.69) is 55.4 Å². The van der Waals surface area contributed by atoms with Crippen LogP contribution in [-0.2, 0) is 0 Å². The highest BCUT2D eigenvalue weighted by atomic mass is 32.2. The van der Waals surface area contributed by atoms with Gasteiger partial charge in [-0.1, -0.05) is 41.5 Å². The molecule has 0 bridgehead atoms. The lowest BCUT2D eigenvalue weighted by molar-refractivity contribution is 0.124. The molecule has 1 rings (SSSR count). The number of hydrogen-bond acceptors (Lipinski definition) is 2. The Morgan fingerprint density at radius 2 is 1.47 bits per heavy atom. The van der Waals surface area contributed by atoms with E-state index in [0.717, 1.165) is 0 Å². The Kier molecular flexibility index (Phi) is 3.06. The number of nitrogens with zero attached hydrogens (tertiary/aromatic N) is 1. The second-order valence-electron chi connectivity index (χ2n) is 6.66. The predicted octanol–water partition coefficient (Wildman–Crippen LogP) is 4.37. The third-order valence-electron chi connectivity index (χ3n) is 3.50. The Morgan fingerprint density at radius 1 is 1.07 bits per heavy atom. The van der Waals surface area contributed by atoms with Crippen LogP contribution in [0.1, 0.15) is 55.4 Å². The van der Waals surface area contributed by atoms with Gasteiger partial charge >= 0.3 is 0 Å². The van der Waals surface area contributed by atoms with Gasteiger partial charge in [-0.05, 0) is 24.7 Å². The Labute approximate surface area is 99.1 Å². The maximum absolute atomic E-state index is 4.76. The van der Waals surface area contributed by atoms with Crippen molar-refractivity contribution < 1.29 is 0 Å². The summed E-state index contributed by atoms with van der Waals surface area (Å²) in [6.45, 7) is 18.5. The summed E-state index contributed by atoms with van der Waals surface area (Å²) >= 11 is 1.98. The van der Waals surface area contributed by atoms with Crippen LogP contribution in [0.15, 0.2) is 4.99 Å². The number of aliphatic imine (C=N–C) groups is 1. The molecule has 0 aromatic carbocycles. The summed E-state index contributed by atoms with van der Waals surface area (Å²) in [4.78, 5) is 4.76. The van der Waals surface area contributed by atoms with E-state index in [9.17, 15) is 0 Å². The third kappa shape index (κ3) is 1.86. The summed E-state index contributed by atoms with van der Waals surface area (Å²) in [7, 11) is 0. The van der Waals surface area contributed by atoms with Crippen LogP contribution in [-0.4, -0.2) is 15.8 Å². The summed E-state index contributed by atoms with van der Waals surface area (Å²) in [5.74, 6) is 0. The maximum Gasteiger partial charge on any atom is 0.0655 e. The van der Waals surface area contributed by atoms with Gasteiger partial charge in [-0.15, -0.1) is 11.8 Å². The first-order valence-corrected chi connectivity index (χ1v) is 6.57. The van der Waals surface area contributed by atoms with Gasteiger partial charge in [-0.25, -0.2) is 0 Å². The van der Waals surface area contributed by atoms with Crippen LogP contribution in [0.4, 0.5) is 0 Å². The average Bonchev–Trinajstić information content (AvgIpc) is 2.23. The van der Waals surface area contributed by atoms with Gasteiger partial charge in [0, 0.05) is 0 Å². The molecule has 0 N–H and O–H groups in total. The zero-order valence-corrected chi connectivity index (χ0v) is 12.2. The molecule has 1 aliphatic heterocycles. The van der Waals surface area contributed by atoms with Crippen molar-refractivity contribution in [1.29, 1.82) is 0 Å². The first-order valence-electron chi connectivity index (χ1n) is 5.76. The molecule has 0 aliphatic carbocycles. The topological polar surface area (TPSA) is 12.4 Å². The molecular weight excluding hydrogens is 202 g/mol. The lowest BCUT2D eigenvalue weighted by Crippen LogP contribution is -2.55. The molecule has 0 fully saturated rings. The van der Waals surface area contributed by atoms with Gasteiger partial charge in [0.25, 0.3) is 0 Å². The molecular formula is C13H25NS. The molecule has 1 nitrogen and oxygen atoms in total. The highest BCUT2D eigenvalue weighted by Crippen LogP contribution is 2.59. The van der Waals surface area contributed by atoms with Gasteiger partial charge in [0.05, 0.1) is 15.8 Å². The fourth-order valence-electron chi connectivity index (χ4n) is 3.39. The molecule has 1 atom stereocenters. The van der Waals surface area contributed by atoms with Gasteiger partial charge in [0.2, 0.25) is 0 Å². The monoisotopic (exact) mass is 227 g/mol. The average molecular weight is 227 g/mol. The molecule has 2 heteroatoms. The molecule has 88 valence electrons. The minimum absolute atomic E-state index is 0.212. The van der Waals surface area contributed by atoms with Crippen LogP contribution >= 0.6 is 11.8 Å². The smallest absolute Gasteiger partial charge is 0.0655 e. The van der Waals surface area contributed by atoms with Crippen molar-refractivity contribution in [2.45, 2.75) is 66.2 Å². The summed E-state index contributed by atoms with van der Waals surface area (Å²) in [6.07, 6.45) is 0. The summed E-state index contributed by atoms with van der Waals surface area (Å²) < 4.78 is 0.212. The first-order chi connectivity index (χ1) is 6.52. The van der Waals surface area contributed by atoms with Crippen molar-refractivity contribution >= 4 is 16.8 Å². The Bertz CT molecular complexity index is 264. The molecule has 1 heterocycles. The number of hydrogen-bond donors (Lipinski definition) is 0. The van der Waals surface area contributed by atoms with Crippen molar-refractivity contribution in [2.75, 3.05) is 0 Å². The highest BCUT2D eigenvalue weighted by molar-refractivity contribution is 8.15. The Balaban J connectivity index is 3.24. The largest absolute Gasteiger partial charge is 0.279 e. The van der Waals surface area contributed by atoms with E-state index < -0.39 is 0 Å². The van der Waals surface area contributed by atoms with Crippen LogP contribution in [0.2, 0.25) is 0 Å². The predicted molar refractivity (Wildman–Crippen MR) is 71.8 cm³/mol. The van der Waals surface area contributed by atoms with Gasteiger partial charge in [0.15, 0.2) is 0 Å². The van der Waals surface area contributed by atoms with Crippen molar-refractivity contribution in [1.82, 2.24) is 0 Å². The van der Waals surface area contributed by atoms with E-state index in [1.165, 1.54) is 5.04 Å². The molecule has 0 amide bonds. The molecule has 0 spiro atoms. The fraction of sp³-hybridized carbons (Fsp3) is 0.923. The minimum Gasteiger partial charge on any atom is -0.279 e. The van der Waals surface area contributed by atoms with E-state index in [-0.39, 0.29) is 15.6 Å². The Hall–Kier alpha value is 0.0200. The van der Waals surface area contributed by atoms with Gasteiger partial charge in [-0.2, -0.15) is 0 Å². The van der Waals surface area contributed by atoms with Gasteiger partial charge in [-0.3, -0.25) is 4.99 Å². The van der Waals surface area contributed by atoms with Crippen molar-refractivity contribution in [3.05, 3.63) is 0 Å². The molecule has 15 heavy (non-hydrogen) atoms. The van der Waals surface area contributed by atoms with E-state index >= 15 is 0 Å². The van der Waals surface area contributed by atoms with Gasteiger partial charge in [0.1, 0.15) is 0 Å². The van der Waals surface area contributed by atoms with Crippen LogP contribution in [0.5, 0.6) is 0 Å². The highest BCUT2D eigenvalue weighted by Gasteiger charge is 2.57. The Morgan fingerprint density at radius 3 is 1.60 bits per heavy atom. The molecule has 1 aliphatic rings. The molecule has 0 aromatic heterocycles. The lowest BCUT2D eigenvalue weighted by atomic mass is 9.62. The molecule has 1 unspecified atom stereocenters. The van der Waals surface area contributed by atoms with Crippen LogP contribution in [0.25, 0.3) is 0 Å². The van der Waals surface area contributed by atoms with E-state index in [4.69, 9.17) is 4.99 Å². The zero-order valence-electron chi connectivity index (χ0n) is 11.4. The second-order valence-corrected chi connectivity index (χ2v) is 8.10. The lowest BCUT2D eigenvalue weighted by Gasteiger charge is -2.52. The van der Waals surface area contributed by atoms with Crippen molar-refractivity contribution in [3.63, 3.8) is 0 Å². The second kappa shape index (κ2) is 3.51. The normalized spacial score (nSPS) is 26.7. The minimum atomic E-state index is 0.212. The summed E-state index contributed by atoms with van der Waals surface area (Å²) in [5.41, 5.74) is 0.521. The van der Waals surface area contributed by atoms with Crippen LogP contribution in [0, 0.1) is 10.8 Å². The molecule has 0 radical (unpaired) electrons. The first kappa shape index (κ1) is 13.1. The fourth-order valence-corrected chi connectivity index (χ4v) is 4.91. The van der Waals surface area contributed by atoms with Crippen LogP contribution in [0.3, 0.4) is 0 Å². The molecule has 0 aromatic rings. The summed E-state index contributed by atoms with van der Waals surface area (Å²) in [5, 5.41) is 1.24. The van der Waals surface area contributed by atoms with Gasteiger partial charge < -0.3 is 0 Å². The standard InChI is InChI=1S/C13H25NS/c1-9-13(11(3,4)5,12(6,7)8)15-10(2)14-9/h9H,1-8H3. The van der Waals surface area contributed by atoms with Crippen molar-refractivity contribution in [2.24, 2.45) is 15.8 Å². The zero-order chi connectivity index (χ0) is 12.1. The summed E-state index contributed by atoms with van der Waals surface area (Å²) in [6, 6.07) is 0.405. The quantitative estimate of drug-likeness (QED) is 0.598. The number of rotatable bonds is 0. The third-order valence-corrected chi connectivity index (χ3v) is 5.79.